The summed E-state index contributed by atoms with van der Waals surface area (Å²) in [7, 11) is 0. The summed E-state index contributed by atoms with van der Waals surface area (Å²) in [6.07, 6.45) is 5.04. The Morgan fingerprint density at radius 1 is 1.38 bits per heavy atom. The van der Waals surface area contributed by atoms with Gasteiger partial charge in [0.2, 0.25) is 5.91 Å². The zero-order chi connectivity index (χ0) is 11.5. The molecule has 1 aromatic rings. The van der Waals surface area contributed by atoms with Crippen molar-refractivity contribution in [3.8, 4) is 0 Å². The molecule has 16 heavy (non-hydrogen) atoms. The Morgan fingerprint density at radius 3 is 2.69 bits per heavy atom. The Morgan fingerprint density at radius 2 is 2.06 bits per heavy atom. The lowest BCUT2D eigenvalue weighted by atomic mass is 10.1. The first-order valence-electron chi connectivity index (χ1n) is 5.84. The van der Waals surface area contributed by atoms with Crippen LogP contribution in [0.4, 0.5) is 5.69 Å². The number of aryl methyl sites for hydroxylation is 1. The topological polar surface area (TPSA) is 55.1 Å². The van der Waals surface area contributed by atoms with Gasteiger partial charge in [0.15, 0.2) is 0 Å². The molecule has 2 rings (SSSR count). The van der Waals surface area contributed by atoms with E-state index in [1.54, 1.807) is 0 Å². The predicted octanol–water partition coefficient (Wildman–Crippen LogP) is 2.45. The summed E-state index contributed by atoms with van der Waals surface area (Å²) in [6, 6.07) is 6.37. The smallest absolute Gasteiger partial charge is 0.249 e. The highest BCUT2D eigenvalue weighted by atomic mass is 16.1. The van der Waals surface area contributed by atoms with Crippen LogP contribution in [0.15, 0.2) is 18.2 Å². The van der Waals surface area contributed by atoms with Gasteiger partial charge in [-0.1, -0.05) is 18.9 Å². The Hall–Kier alpha value is -1.51. The lowest BCUT2D eigenvalue weighted by molar-refractivity contribution is 0.1000. The first-order valence-corrected chi connectivity index (χ1v) is 5.84. The quantitative estimate of drug-likeness (QED) is 0.818. The molecular formula is C13H18N2O. The van der Waals surface area contributed by atoms with Gasteiger partial charge in [-0.2, -0.15) is 0 Å². The fourth-order valence-electron chi connectivity index (χ4n) is 2.28. The number of nitrogens with two attached hydrogens (primary N) is 1. The standard InChI is InChI=1S/C13H18N2O/c1-9-6-7-11(8-12(9)13(14)16)15-10-4-2-3-5-10/h6-8,10,15H,2-5H2,1H3,(H2,14,16). The monoisotopic (exact) mass is 218 g/mol. The molecule has 0 bridgehead atoms. The molecule has 0 spiro atoms. The number of hydrogen-bond donors (Lipinski definition) is 2. The van der Waals surface area contributed by atoms with Gasteiger partial charge in [-0.15, -0.1) is 0 Å². The van der Waals surface area contributed by atoms with Crippen molar-refractivity contribution >= 4 is 11.6 Å². The third-order valence-electron chi connectivity index (χ3n) is 3.23. The molecule has 3 N–H and O–H groups in total. The molecule has 0 aromatic heterocycles. The molecule has 0 heterocycles. The number of nitrogens with one attached hydrogen (secondary N) is 1. The summed E-state index contributed by atoms with van der Waals surface area (Å²) < 4.78 is 0. The molecule has 3 nitrogen and oxygen atoms in total. The van der Waals surface area contributed by atoms with Crippen LogP contribution in [-0.4, -0.2) is 11.9 Å². The average molecular weight is 218 g/mol. The largest absolute Gasteiger partial charge is 0.382 e. The third kappa shape index (κ3) is 2.35. The second kappa shape index (κ2) is 4.56. The van der Waals surface area contributed by atoms with E-state index < -0.39 is 0 Å². The van der Waals surface area contributed by atoms with E-state index in [2.05, 4.69) is 5.32 Å². The lowest BCUT2D eigenvalue weighted by Crippen LogP contribution is -2.17. The molecule has 0 atom stereocenters. The van der Waals surface area contributed by atoms with Gasteiger partial charge in [-0.25, -0.2) is 0 Å². The minimum absolute atomic E-state index is 0.354. The van der Waals surface area contributed by atoms with Gasteiger partial charge in [-0.3, -0.25) is 4.79 Å². The Balaban J connectivity index is 2.15. The number of carbonyl (C=O) groups is 1. The molecule has 0 radical (unpaired) electrons. The van der Waals surface area contributed by atoms with Crippen molar-refractivity contribution in [3.05, 3.63) is 29.3 Å². The van der Waals surface area contributed by atoms with Crippen LogP contribution in [0.1, 0.15) is 41.6 Å². The van der Waals surface area contributed by atoms with Crippen molar-refractivity contribution < 1.29 is 4.79 Å². The number of carbonyl (C=O) groups excluding carboxylic acids is 1. The molecule has 0 unspecified atom stereocenters. The summed E-state index contributed by atoms with van der Waals surface area (Å²) in [5.74, 6) is -0.354. The van der Waals surface area contributed by atoms with E-state index in [1.807, 2.05) is 25.1 Å². The number of benzene rings is 1. The summed E-state index contributed by atoms with van der Waals surface area (Å²) in [4.78, 5) is 11.2. The maximum atomic E-state index is 11.2. The van der Waals surface area contributed by atoms with Gasteiger partial charge in [0, 0.05) is 17.3 Å². The van der Waals surface area contributed by atoms with E-state index in [0.29, 0.717) is 11.6 Å². The van der Waals surface area contributed by atoms with Crippen LogP contribution in [0.3, 0.4) is 0 Å². The van der Waals surface area contributed by atoms with Crippen LogP contribution in [-0.2, 0) is 0 Å². The van der Waals surface area contributed by atoms with Gasteiger partial charge >= 0.3 is 0 Å². The predicted molar refractivity (Wildman–Crippen MR) is 65.6 cm³/mol. The highest BCUT2D eigenvalue weighted by Gasteiger charge is 2.15. The van der Waals surface area contributed by atoms with Crippen LogP contribution in [0.25, 0.3) is 0 Å². The van der Waals surface area contributed by atoms with Crippen molar-refractivity contribution in [2.75, 3.05) is 5.32 Å². The van der Waals surface area contributed by atoms with Crippen molar-refractivity contribution in [1.29, 1.82) is 0 Å². The second-order valence-corrected chi connectivity index (χ2v) is 4.52. The summed E-state index contributed by atoms with van der Waals surface area (Å²) in [5, 5.41) is 3.46. The average Bonchev–Trinajstić information content (AvgIpc) is 2.73. The third-order valence-corrected chi connectivity index (χ3v) is 3.23. The second-order valence-electron chi connectivity index (χ2n) is 4.52. The summed E-state index contributed by atoms with van der Waals surface area (Å²) in [6.45, 7) is 1.90. The molecule has 0 aliphatic heterocycles. The first kappa shape index (κ1) is 11.0. The van der Waals surface area contributed by atoms with E-state index in [0.717, 1.165) is 11.3 Å². The molecule has 1 aromatic carbocycles. The van der Waals surface area contributed by atoms with Crippen molar-refractivity contribution in [2.24, 2.45) is 5.73 Å². The van der Waals surface area contributed by atoms with Gasteiger partial charge in [0.05, 0.1) is 0 Å². The first-order chi connectivity index (χ1) is 7.66. The molecule has 1 aliphatic carbocycles. The molecule has 3 heteroatoms. The number of hydrogen-bond acceptors (Lipinski definition) is 2. The minimum atomic E-state index is -0.354. The Kier molecular flexibility index (Phi) is 3.13. The van der Waals surface area contributed by atoms with Crippen LogP contribution in [0.2, 0.25) is 0 Å². The highest BCUT2D eigenvalue weighted by molar-refractivity contribution is 5.95. The fourth-order valence-corrected chi connectivity index (χ4v) is 2.28. The molecule has 1 amide bonds. The Bertz CT molecular complexity index is 395. The fraction of sp³-hybridized carbons (Fsp3) is 0.462. The zero-order valence-corrected chi connectivity index (χ0v) is 9.62. The molecule has 1 fully saturated rings. The van der Waals surface area contributed by atoms with Crippen LogP contribution in [0, 0.1) is 6.92 Å². The SMILES string of the molecule is Cc1ccc(NC2CCCC2)cc1C(N)=O. The normalized spacial score (nSPS) is 16.3. The minimum Gasteiger partial charge on any atom is -0.382 e. The van der Waals surface area contributed by atoms with Gasteiger partial charge in [0.25, 0.3) is 0 Å². The molecular weight excluding hydrogens is 200 g/mol. The maximum absolute atomic E-state index is 11.2. The number of amides is 1. The molecule has 1 aliphatic rings. The lowest BCUT2D eigenvalue weighted by Gasteiger charge is -2.14. The summed E-state index contributed by atoms with van der Waals surface area (Å²) >= 11 is 0. The van der Waals surface area contributed by atoms with Crippen LogP contribution >= 0.6 is 0 Å². The van der Waals surface area contributed by atoms with E-state index in [9.17, 15) is 4.79 Å². The van der Waals surface area contributed by atoms with E-state index in [-0.39, 0.29) is 5.91 Å². The molecule has 1 saturated carbocycles. The summed E-state index contributed by atoms with van der Waals surface area (Å²) in [5.41, 5.74) is 7.88. The Labute approximate surface area is 96.0 Å². The highest BCUT2D eigenvalue weighted by Crippen LogP contribution is 2.23. The number of anilines is 1. The maximum Gasteiger partial charge on any atom is 0.249 e. The van der Waals surface area contributed by atoms with Gasteiger partial charge in [0.1, 0.15) is 0 Å². The number of primary amides is 1. The zero-order valence-electron chi connectivity index (χ0n) is 9.62. The van der Waals surface area contributed by atoms with Crippen LogP contribution < -0.4 is 11.1 Å². The molecule has 86 valence electrons. The van der Waals surface area contributed by atoms with Crippen molar-refractivity contribution in [1.82, 2.24) is 0 Å². The van der Waals surface area contributed by atoms with E-state index in [4.69, 9.17) is 5.73 Å². The van der Waals surface area contributed by atoms with Crippen molar-refractivity contribution in [3.63, 3.8) is 0 Å². The van der Waals surface area contributed by atoms with Crippen LogP contribution in [0.5, 0.6) is 0 Å². The van der Waals surface area contributed by atoms with E-state index >= 15 is 0 Å². The van der Waals surface area contributed by atoms with Crippen molar-refractivity contribution in [2.45, 2.75) is 38.6 Å². The van der Waals surface area contributed by atoms with Gasteiger partial charge in [-0.05, 0) is 37.5 Å². The van der Waals surface area contributed by atoms with E-state index in [1.165, 1.54) is 25.7 Å². The molecule has 0 saturated heterocycles. The van der Waals surface area contributed by atoms with Gasteiger partial charge < -0.3 is 11.1 Å². The number of rotatable bonds is 3.